The molecule has 0 aromatic carbocycles. The highest BCUT2D eigenvalue weighted by molar-refractivity contribution is 7.13. The molecule has 28 heavy (non-hydrogen) atoms. The zero-order valence-electron chi connectivity index (χ0n) is 16.2. The number of aromatic carboxylic acids is 1. The lowest BCUT2D eigenvalue weighted by molar-refractivity contribution is 0.0702. The summed E-state index contributed by atoms with van der Waals surface area (Å²) in [7, 11) is 0. The molecule has 1 fully saturated rings. The lowest BCUT2D eigenvalue weighted by Gasteiger charge is -2.21. The number of rotatable bonds is 11. The molecular weight excluding hydrogens is 400 g/mol. The van der Waals surface area contributed by atoms with Crippen LogP contribution in [-0.4, -0.2) is 50.1 Å². The first kappa shape index (κ1) is 23.4. The first-order chi connectivity index (χ1) is 13.3. The van der Waals surface area contributed by atoms with Crippen molar-refractivity contribution in [3.8, 4) is 0 Å². The number of aliphatic hydroxyl groups excluding tert-OH is 3. The Morgan fingerprint density at radius 1 is 1.39 bits per heavy atom. The van der Waals surface area contributed by atoms with E-state index in [1.165, 1.54) is 11.3 Å². The van der Waals surface area contributed by atoms with E-state index >= 15 is 0 Å². The van der Waals surface area contributed by atoms with Crippen LogP contribution in [0.5, 0.6) is 0 Å². The fourth-order valence-electron chi connectivity index (χ4n) is 3.94. The molecule has 0 radical (unpaired) electrons. The minimum Gasteiger partial charge on any atom is -0.477 e. The minimum absolute atomic E-state index is 0.111. The van der Waals surface area contributed by atoms with Crippen LogP contribution < -0.4 is 0 Å². The number of hydrogen-bond donors (Lipinski definition) is 4. The van der Waals surface area contributed by atoms with Gasteiger partial charge >= 0.3 is 5.97 Å². The average Bonchev–Trinajstić information content (AvgIpc) is 3.19. The molecule has 0 amide bonds. The molecule has 5 nitrogen and oxygen atoms in total. The normalized spacial score (nSPS) is 27.3. The summed E-state index contributed by atoms with van der Waals surface area (Å²) in [5.74, 6) is -0.901. The first-order valence-corrected chi connectivity index (χ1v) is 11.3. The molecule has 2 unspecified atom stereocenters. The summed E-state index contributed by atoms with van der Waals surface area (Å²) in [6.07, 6.45) is 6.58. The smallest absolute Gasteiger partial charge is 0.345 e. The van der Waals surface area contributed by atoms with Crippen molar-refractivity contribution in [2.45, 2.75) is 75.6 Å². The van der Waals surface area contributed by atoms with E-state index in [0.29, 0.717) is 24.1 Å². The van der Waals surface area contributed by atoms with Crippen LogP contribution >= 0.6 is 22.9 Å². The van der Waals surface area contributed by atoms with Crippen molar-refractivity contribution >= 4 is 28.9 Å². The van der Waals surface area contributed by atoms with Crippen LogP contribution in [0.2, 0.25) is 0 Å². The lowest BCUT2D eigenvalue weighted by Crippen LogP contribution is -2.20. The van der Waals surface area contributed by atoms with Crippen molar-refractivity contribution < 1.29 is 25.2 Å². The molecular formula is C21H31ClO5S. The first-order valence-electron chi connectivity index (χ1n) is 10.00. The van der Waals surface area contributed by atoms with Gasteiger partial charge in [0.2, 0.25) is 0 Å². The zero-order valence-corrected chi connectivity index (χ0v) is 17.8. The highest BCUT2D eigenvalue weighted by atomic mass is 35.5. The van der Waals surface area contributed by atoms with Gasteiger partial charge in [-0.05, 0) is 50.2 Å². The molecule has 1 saturated carbocycles. The Balaban J connectivity index is 1.88. The number of carboxylic acid groups (broad SMARTS) is 1. The topological polar surface area (TPSA) is 98.0 Å². The Bertz CT molecular complexity index is 646. The van der Waals surface area contributed by atoms with Gasteiger partial charge in [0.15, 0.2) is 0 Å². The molecule has 0 spiro atoms. The molecule has 0 bridgehead atoms. The molecule has 2 rings (SSSR count). The van der Waals surface area contributed by atoms with Crippen LogP contribution in [-0.2, 0) is 6.42 Å². The number of carboxylic acids is 1. The number of aryl methyl sites for hydroxylation is 1. The zero-order chi connectivity index (χ0) is 20.7. The van der Waals surface area contributed by atoms with E-state index in [-0.39, 0.29) is 17.2 Å². The summed E-state index contributed by atoms with van der Waals surface area (Å²) in [5.41, 5.74) is 0. The maximum absolute atomic E-state index is 11.0. The van der Waals surface area contributed by atoms with Crippen molar-refractivity contribution in [1.29, 1.82) is 0 Å². The molecule has 0 saturated heterocycles. The number of halogens is 1. The van der Waals surface area contributed by atoms with Gasteiger partial charge in [0.05, 0.1) is 18.3 Å². The quantitative estimate of drug-likeness (QED) is 0.316. The van der Waals surface area contributed by atoms with Crippen LogP contribution in [0.3, 0.4) is 0 Å². The highest BCUT2D eigenvalue weighted by Crippen LogP contribution is 2.40. The van der Waals surface area contributed by atoms with Gasteiger partial charge < -0.3 is 20.4 Å². The predicted molar refractivity (Wildman–Crippen MR) is 112 cm³/mol. The van der Waals surface area contributed by atoms with E-state index in [0.717, 1.165) is 30.6 Å². The monoisotopic (exact) mass is 430 g/mol. The predicted octanol–water partition coefficient (Wildman–Crippen LogP) is 3.84. The Morgan fingerprint density at radius 2 is 2.14 bits per heavy atom. The van der Waals surface area contributed by atoms with Gasteiger partial charge in [-0.1, -0.05) is 25.5 Å². The number of hydrogen-bond acceptors (Lipinski definition) is 5. The number of carbonyl (C=O) groups is 1. The van der Waals surface area contributed by atoms with E-state index in [1.807, 2.05) is 19.1 Å². The lowest BCUT2D eigenvalue weighted by atomic mass is 9.89. The molecule has 1 aromatic heterocycles. The minimum atomic E-state index is -0.899. The summed E-state index contributed by atoms with van der Waals surface area (Å²) >= 11 is 7.76. The molecule has 0 aliphatic heterocycles. The molecule has 1 aliphatic rings. The second-order valence-corrected chi connectivity index (χ2v) is 9.38. The van der Waals surface area contributed by atoms with E-state index < -0.39 is 24.3 Å². The summed E-state index contributed by atoms with van der Waals surface area (Å²) in [5, 5.41) is 39.2. The molecule has 158 valence electrons. The van der Waals surface area contributed by atoms with Gasteiger partial charge in [-0.15, -0.1) is 22.9 Å². The van der Waals surface area contributed by atoms with Crippen molar-refractivity contribution in [1.82, 2.24) is 0 Å². The van der Waals surface area contributed by atoms with Gasteiger partial charge in [-0.25, -0.2) is 4.79 Å². The van der Waals surface area contributed by atoms with Crippen LogP contribution in [0.1, 0.15) is 60.0 Å². The molecule has 4 N–H and O–H groups in total. The van der Waals surface area contributed by atoms with Gasteiger partial charge in [0.1, 0.15) is 4.88 Å². The average molecular weight is 431 g/mol. The Hall–Kier alpha value is -0.920. The highest BCUT2D eigenvalue weighted by Gasteiger charge is 2.39. The largest absolute Gasteiger partial charge is 0.477 e. The molecule has 1 aromatic rings. The summed E-state index contributed by atoms with van der Waals surface area (Å²) in [6.45, 7) is 1.99. The molecule has 1 aliphatic carbocycles. The summed E-state index contributed by atoms with van der Waals surface area (Å²) in [4.78, 5) is 12.4. The van der Waals surface area contributed by atoms with E-state index in [4.69, 9.17) is 16.7 Å². The third-order valence-corrected chi connectivity index (χ3v) is 7.03. The Kier molecular flexibility index (Phi) is 9.44. The fourth-order valence-corrected chi connectivity index (χ4v) is 5.30. The Morgan fingerprint density at radius 3 is 2.79 bits per heavy atom. The standard InChI is InChI=1S/C21H31ClO5S/c1-2-4-13(23)11-14(24)7-9-17-16(18(22)12-19(17)25)6-3-5-15-8-10-20(28-15)21(26)27/h7-10,13-14,16-19,23-25H,2-6,11-12H2,1H3,(H,26,27)/t13?,14?,16-,17-,18-,19-/m1/s1. The van der Waals surface area contributed by atoms with Crippen LogP contribution in [0.25, 0.3) is 0 Å². The van der Waals surface area contributed by atoms with Gasteiger partial charge in [-0.3, -0.25) is 0 Å². The second kappa shape index (κ2) is 11.3. The second-order valence-electron chi connectivity index (χ2n) is 7.65. The van der Waals surface area contributed by atoms with Crippen LogP contribution in [0.4, 0.5) is 0 Å². The van der Waals surface area contributed by atoms with Gasteiger partial charge in [0.25, 0.3) is 0 Å². The van der Waals surface area contributed by atoms with Crippen molar-refractivity contribution in [3.05, 3.63) is 34.0 Å². The van der Waals surface area contributed by atoms with E-state index in [9.17, 15) is 20.1 Å². The fraction of sp³-hybridized carbons (Fsp3) is 0.667. The third-order valence-electron chi connectivity index (χ3n) is 5.39. The maximum Gasteiger partial charge on any atom is 0.345 e. The van der Waals surface area contributed by atoms with E-state index in [1.54, 1.807) is 12.1 Å². The number of aliphatic hydroxyl groups is 3. The maximum atomic E-state index is 11.0. The van der Waals surface area contributed by atoms with Crippen LogP contribution in [0, 0.1) is 11.8 Å². The van der Waals surface area contributed by atoms with Crippen LogP contribution in [0.15, 0.2) is 24.3 Å². The van der Waals surface area contributed by atoms with Crippen molar-refractivity contribution in [2.24, 2.45) is 11.8 Å². The molecule has 1 heterocycles. The molecule has 7 heteroatoms. The van der Waals surface area contributed by atoms with Gasteiger partial charge in [0, 0.05) is 22.6 Å². The van der Waals surface area contributed by atoms with E-state index in [2.05, 4.69) is 0 Å². The SMILES string of the molecule is CCCC(O)CC(O)C=C[C@@H]1[C@@H](CCCc2ccc(C(=O)O)s2)[C@H](Cl)C[C@H]1O. The number of thiophene rings is 1. The number of alkyl halides is 1. The van der Waals surface area contributed by atoms with Crippen molar-refractivity contribution in [2.75, 3.05) is 0 Å². The Labute approximate surface area is 175 Å². The third kappa shape index (κ3) is 6.85. The summed E-state index contributed by atoms with van der Waals surface area (Å²) < 4.78 is 0. The van der Waals surface area contributed by atoms with Gasteiger partial charge in [-0.2, -0.15) is 0 Å². The molecule has 6 atom stereocenters. The summed E-state index contributed by atoms with van der Waals surface area (Å²) in [6, 6.07) is 3.48. The van der Waals surface area contributed by atoms with Crippen molar-refractivity contribution in [3.63, 3.8) is 0 Å².